The van der Waals surface area contributed by atoms with E-state index in [1.54, 1.807) is 0 Å². The van der Waals surface area contributed by atoms with Gasteiger partial charge in [-0.2, -0.15) is 0 Å². The quantitative estimate of drug-likeness (QED) is 0.546. The van der Waals surface area contributed by atoms with E-state index >= 15 is 0 Å². The maximum Gasteiger partial charge on any atom is 0.0181 e. The number of halogens is 1. The second-order valence-corrected chi connectivity index (χ2v) is 4.15. The highest BCUT2D eigenvalue weighted by atomic mass is 79.9. The molecule has 62 valence electrons. The van der Waals surface area contributed by atoms with Crippen LogP contribution in [0.15, 0.2) is 46.9 Å². The van der Waals surface area contributed by atoms with Crippen molar-refractivity contribution in [1.29, 1.82) is 0 Å². The van der Waals surface area contributed by atoms with Crippen LogP contribution in [0.1, 0.15) is 0 Å². The topological polar surface area (TPSA) is 0 Å². The van der Waals surface area contributed by atoms with E-state index in [1.165, 1.54) is 22.3 Å². The summed E-state index contributed by atoms with van der Waals surface area (Å²) in [6.45, 7) is 0. The van der Waals surface area contributed by atoms with Crippen molar-refractivity contribution in [3.63, 3.8) is 0 Å². The number of hydrogen-bond donors (Lipinski definition) is 0. The molecule has 0 spiro atoms. The van der Waals surface area contributed by atoms with Gasteiger partial charge in [0.05, 0.1) is 0 Å². The normalized spacial score (nSPS) is 11.5. The van der Waals surface area contributed by atoms with E-state index < -0.39 is 0 Å². The van der Waals surface area contributed by atoms with Gasteiger partial charge < -0.3 is 0 Å². The van der Waals surface area contributed by atoms with E-state index in [0.29, 0.717) is 0 Å². The van der Waals surface area contributed by atoms with Crippen molar-refractivity contribution in [2.24, 2.45) is 0 Å². The molecule has 0 amide bonds. The van der Waals surface area contributed by atoms with E-state index in [4.69, 9.17) is 0 Å². The Morgan fingerprint density at radius 1 is 0.692 bits per heavy atom. The minimum Gasteiger partial charge on any atom is -0.0616 e. The molecule has 0 unspecified atom stereocenters. The van der Waals surface area contributed by atoms with Crippen LogP contribution in [0.5, 0.6) is 0 Å². The molecule has 3 rings (SSSR count). The van der Waals surface area contributed by atoms with E-state index in [0.717, 1.165) is 4.47 Å². The van der Waals surface area contributed by atoms with Gasteiger partial charge in [-0.25, -0.2) is 0 Å². The zero-order chi connectivity index (χ0) is 8.84. The minimum atomic E-state index is 1.15. The summed E-state index contributed by atoms with van der Waals surface area (Å²) >= 11 is 3.48. The zero-order valence-corrected chi connectivity index (χ0v) is 8.51. The van der Waals surface area contributed by atoms with Crippen LogP contribution in [0, 0.1) is 0 Å². The van der Waals surface area contributed by atoms with Gasteiger partial charge in [0.25, 0.3) is 0 Å². The van der Waals surface area contributed by atoms with Gasteiger partial charge in [-0.05, 0) is 34.4 Å². The molecule has 1 aliphatic rings. The molecule has 0 radical (unpaired) electrons. The summed E-state index contributed by atoms with van der Waals surface area (Å²) < 4.78 is 1.15. The van der Waals surface area contributed by atoms with Crippen LogP contribution in [0.3, 0.4) is 0 Å². The van der Waals surface area contributed by atoms with E-state index in [2.05, 4.69) is 58.4 Å². The van der Waals surface area contributed by atoms with Crippen molar-refractivity contribution in [2.75, 3.05) is 0 Å². The Hall–Kier alpha value is -1.08. The second kappa shape index (κ2) is 2.46. The van der Waals surface area contributed by atoms with Crippen molar-refractivity contribution < 1.29 is 0 Å². The fourth-order valence-electron chi connectivity index (χ4n) is 1.86. The van der Waals surface area contributed by atoms with Crippen LogP contribution in [0.4, 0.5) is 0 Å². The summed E-state index contributed by atoms with van der Waals surface area (Å²) in [4.78, 5) is 0. The molecular weight excluding hydrogens is 224 g/mol. The molecule has 0 heterocycles. The Morgan fingerprint density at radius 3 is 2.08 bits per heavy atom. The van der Waals surface area contributed by atoms with Gasteiger partial charge in [-0.3, -0.25) is 0 Å². The largest absolute Gasteiger partial charge is 0.0616 e. The maximum atomic E-state index is 3.48. The third kappa shape index (κ3) is 0.909. The average molecular weight is 231 g/mol. The summed E-state index contributed by atoms with van der Waals surface area (Å²) in [5.41, 5.74) is 5.49. The highest BCUT2D eigenvalue weighted by Crippen LogP contribution is 2.47. The average Bonchev–Trinajstić information content (AvgIpc) is 2.15. The fourth-order valence-corrected chi connectivity index (χ4v) is 2.23. The van der Waals surface area contributed by atoms with Gasteiger partial charge in [0.15, 0.2) is 0 Å². The van der Waals surface area contributed by atoms with Crippen LogP contribution >= 0.6 is 15.9 Å². The van der Waals surface area contributed by atoms with E-state index in [-0.39, 0.29) is 0 Å². The molecule has 0 saturated carbocycles. The molecule has 0 fully saturated rings. The predicted molar refractivity (Wildman–Crippen MR) is 58.6 cm³/mol. The Morgan fingerprint density at radius 2 is 1.31 bits per heavy atom. The highest BCUT2D eigenvalue weighted by Gasteiger charge is 2.20. The van der Waals surface area contributed by atoms with Crippen molar-refractivity contribution in [1.82, 2.24) is 0 Å². The van der Waals surface area contributed by atoms with Gasteiger partial charge in [-0.15, -0.1) is 0 Å². The van der Waals surface area contributed by atoms with Gasteiger partial charge in [-0.1, -0.05) is 46.3 Å². The molecule has 0 atom stereocenters. The molecule has 0 nitrogen and oxygen atoms in total. The lowest BCUT2D eigenvalue weighted by atomic mass is 9.81. The standard InChI is InChI=1S/C12H7Br/c13-8-5-6-11-9-3-1-2-4-10(9)12(11)7-8/h1-7H. The van der Waals surface area contributed by atoms with Crippen molar-refractivity contribution >= 4 is 15.9 Å². The second-order valence-electron chi connectivity index (χ2n) is 3.24. The third-order valence-electron chi connectivity index (χ3n) is 2.49. The van der Waals surface area contributed by atoms with Crippen molar-refractivity contribution in [2.45, 2.75) is 0 Å². The van der Waals surface area contributed by atoms with Crippen LogP contribution in [-0.2, 0) is 0 Å². The van der Waals surface area contributed by atoms with Gasteiger partial charge in [0, 0.05) is 4.47 Å². The number of fused-ring (bicyclic) bond motifs is 4. The highest BCUT2D eigenvalue weighted by molar-refractivity contribution is 9.10. The summed E-state index contributed by atoms with van der Waals surface area (Å²) in [5.74, 6) is 0. The lowest BCUT2D eigenvalue weighted by molar-refractivity contribution is 1.50. The monoisotopic (exact) mass is 230 g/mol. The predicted octanol–water partition coefficient (Wildman–Crippen LogP) is 4.10. The Labute approximate surface area is 85.4 Å². The molecule has 0 N–H and O–H groups in total. The molecule has 2 aromatic carbocycles. The number of benzene rings is 2. The van der Waals surface area contributed by atoms with Crippen LogP contribution in [-0.4, -0.2) is 0 Å². The third-order valence-corrected chi connectivity index (χ3v) is 2.98. The van der Waals surface area contributed by atoms with Crippen molar-refractivity contribution in [3.05, 3.63) is 46.9 Å². The molecular formula is C12H7Br. The lowest BCUT2D eigenvalue weighted by Crippen LogP contribution is -1.97. The first-order chi connectivity index (χ1) is 6.36. The fraction of sp³-hybridized carbons (Fsp3) is 0. The van der Waals surface area contributed by atoms with Gasteiger partial charge in [0.2, 0.25) is 0 Å². The lowest BCUT2D eigenvalue weighted by Gasteiger charge is -2.23. The van der Waals surface area contributed by atoms with Crippen LogP contribution < -0.4 is 0 Å². The first kappa shape index (κ1) is 7.34. The summed E-state index contributed by atoms with van der Waals surface area (Å²) in [6.07, 6.45) is 0. The van der Waals surface area contributed by atoms with Crippen LogP contribution in [0.2, 0.25) is 0 Å². The Balaban J connectivity index is 2.29. The number of rotatable bonds is 0. The summed E-state index contributed by atoms with van der Waals surface area (Å²) in [5, 5.41) is 0. The van der Waals surface area contributed by atoms with E-state index in [1.807, 2.05) is 0 Å². The Bertz CT molecular complexity index is 486. The van der Waals surface area contributed by atoms with E-state index in [9.17, 15) is 0 Å². The number of hydrogen-bond acceptors (Lipinski definition) is 0. The molecule has 13 heavy (non-hydrogen) atoms. The molecule has 0 aliphatic heterocycles. The van der Waals surface area contributed by atoms with Crippen LogP contribution in [0.25, 0.3) is 22.3 Å². The smallest absolute Gasteiger partial charge is 0.0181 e. The summed E-state index contributed by atoms with van der Waals surface area (Å²) in [7, 11) is 0. The molecule has 1 heteroatoms. The molecule has 1 aliphatic carbocycles. The Kier molecular flexibility index (Phi) is 1.39. The van der Waals surface area contributed by atoms with Gasteiger partial charge in [0.1, 0.15) is 0 Å². The first-order valence-electron chi connectivity index (χ1n) is 4.25. The molecule has 0 saturated heterocycles. The molecule has 0 bridgehead atoms. The summed E-state index contributed by atoms with van der Waals surface area (Å²) in [6, 6.07) is 15.0. The first-order valence-corrected chi connectivity index (χ1v) is 5.05. The molecule has 2 aromatic rings. The minimum absolute atomic E-state index is 1.15. The SMILES string of the molecule is Brc1ccc2c(c1)-c1ccccc1-2. The van der Waals surface area contributed by atoms with Crippen molar-refractivity contribution in [3.8, 4) is 22.3 Å². The van der Waals surface area contributed by atoms with Gasteiger partial charge >= 0.3 is 0 Å². The zero-order valence-electron chi connectivity index (χ0n) is 6.92. The molecule has 0 aromatic heterocycles. The maximum absolute atomic E-state index is 3.48.